The van der Waals surface area contributed by atoms with Crippen molar-refractivity contribution in [3.05, 3.63) is 54.1 Å². The summed E-state index contributed by atoms with van der Waals surface area (Å²) in [7, 11) is -2.38. The normalized spacial score (nSPS) is 11.3. The van der Waals surface area contributed by atoms with E-state index in [1.165, 1.54) is 0 Å². The fourth-order valence-electron chi connectivity index (χ4n) is 2.05. The van der Waals surface area contributed by atoms with Crippen molar-refractivity contribution in [2.24, 2.45) is 0 Å². The van der Waals surface area contributed by atoms with Gasteiger partial charge in [-0.25, -0.2) is 0 Å². The van der Waals surface area contributed by atoms with Gasteiger partial charge in [0.15, 0.2) is 0 Å². The lowest BCUT2D eigenvalue weighted by Crippen LogP contribution is -2.42. The summed E-state index contributed by atoms with van der Waals surface area (Å²) in [5.74, 6) is 0. The SMILES string of the molecule is C[Si](C)(O)c1ccccc1-c1cccc(C=O)c1. The first-order chi connectivity index (χ1) is 8.52. The zero-order chi connectivity index (χ0) is 13.2. The maximum Gasteiger partial charge on any atom is 0.214 e. The van der Waals surface area contributed by atoms with Crippen LogP contribution in [0.4, 0.5) is 0 Å². The maximum atomic E-state index is 10.8. The van der Waals surface area contributed by atoms with E-state index in [-0.39, 0.29) is 0 Å². The molecule has 2 aromatic carbocycles. The highest BCUT2D eigenvalue weighted by Crippen LogP contribution is 2.20. The predicted octanol–water partition coefficient (Wildman–Crippen LogP) is 2.57. The molecule has 0 bridgehead atoms. The lowest BCUT2D eigenvalue weighted by Gasteiger charge is -2.19. The molecule has 0 atom stereocenters. The van der Waals surface area contributed by atoms with Crippen LogP contribution in [0.3, 0.4) is 0 Å². The molecule has 2 nitrogen and oxygen atoms in total. The van der Waals surface area contributed by atoms with Gasteiger partial charge in [-0.1, -0.05) is 42.5 Å². The molecule has 0 aliphatic carbocycles. The fraction of sp³-hybridized carbons (Fsp3) is 0.133. The number of rotatable bonds is 3. The van der Waals surface area contributed by atoms with Gasteiger partial charge in [-0.05, 0) is 35.5 Å². The van der Waals surface area contributed by atoms with Crippen molar-refractivity contribution < 1.29 is 9.59 Å². The summed E-state index contributed by atoms with van der Waals surface area (Å²) in [6.07, 6.45) is 0.841. The summed E-state index contributed by atoms with van der Waals surface area (Å²) in [6, 6.07) is 15.3. The molecule has 0 saturated carbocycles. The summed E-state index contributed by atoms with van der Waals surface area (Å²) in [5, 5.41) is 0.994. The Labute approximate surface area is 108 Å². The van der Waals surface area contributed by atoms with Gasteiger partial charge in [0.25, 0.3) is 0 Å². The summed E-state index contributed by atoms with van der Waals surface area (Å²) < 4.78 is 0. The number of benzene rings is 2. The number of hydrogen-bond acceptors (Lipinski definition) is 2. The van der Waals surface area contributed by atoms with Crippen LogP contribution in [-0.2, 0) is 0 Å². The molecular weight excluding hydrogens is 240 g/mol. The number of carbonyl (C=O) groups excluding carboxylic acids is 1. The van der Waals surface area contributed by atoms with E-state index >= 15 is 0 Å². The van der Waals surface area contributed by atoms with Crippen LogP contribution in [0.15, 0.2) is 48.5 Å². The Morgan fingerprint density at radius 2 is 1.78 bits per heavy atom. The van der Waals surface area contributed by atoms with Gasteiger partial charge in [-0.2, -0.15) is 0 Å². The Balaban J connectivity index is 2.60. The average molecular weight is 256 g/mol. The molecule has 0 aromatic heterocycles. The first-order valence-corrected chi connectivity index (χ1v) is 8.84. The van der Waals surface area contributed by atoms with Crippen LogP contribution in [0.25, 0.3) is 11.1 Å². The van der Waals surface area contributed by atoms with Gasteiger partial charge in [0, 0.05) is 5.56 Å². The van der Waals surface area contributed by atoms with E-state index in [0.29, 0.717) is 5.56 Å². The summed E-state index contributed by atoms with van der Waals surface area (Å²) in [5.41, 5.74) is 2.64. The minimum atomic E-state index is -2.38. The van der Waals surface area contributed by atoms with Crippen molar-refractivity contribution in [1.29, 1.82) is 0 Å². The Hall–Kier alpha value is -1.71. The molecule has 0 amide bonds. The zero-order valence-electron chi connectivity index (χ0n) is 10.6. The van der Waals surface area contributed by atoms with Gasteiger partial charge in [0.2, 0.25) is 8.32 Å². The molecule has 0 aliphatic heterocycles. The van der Waals surface area contributed by atoms with Crippen LogP contribution < -0.4 is 5.19 Å². The van der Waals surface area contributed by atoms with Crippen LogP contribution in [0.1, 0.15) is 10.4 Å². The van der Waals surface area contributed by atoms with Crippen molar-refractivity contribution in [3.8, 4) is 11.1 Å². The van der Waals surface area contributed by atoms with Crippen molar-refractivity contribution >= 4 is 19.8 Å². The Morgan fingerprint density at radius 1 is 1.06 bits per heavy atom. The first kappa shape index (κ1) is 12.7. The van der Waals surface area contributed by atoms with Gasteiger partial charge in [0.05, 0.1) is 0 Å². The van der Waals surface area contributed by atoms with Gasteiger partial charge in [-0.3, -0.25) is 4.79 Å². The van der Waals surface area contributed by atoms with E-state index in [4.69, 9.17) is 0 Å². The molecule has 3 heteroatoms. The quantitative estimate of drug-likeness (QED) is 0.677. The minimum Gasteiger partial charge on any atom is -0.428 e. The first-order valence-electron chi connectivity index (χ1n) is 5.90. The molecule has 0 unspecified atom stereocenters. The van der Waals surface area contributed by atoms with Crippen molar-refractivity contribution in [1.82, 2.24) is 0 Å². The number of aldehydes is 1. The van der Waals surface area contributed by atoms with Crippen LogP contribution in [-0.4, -0.2) is 19.4 Å². The van der Waals surface area contributed by atoms with Crippen LogP contribution in [0.5, 0.6) is 0 Å². The molecule has 0 heterocycles. The summed E-state index contributed by atoms with van der Waals surface area (Å²) in [4.78, 5) is 21.2. The molecule has 2 aromatic rings. The van der Waals surface area contributed by atoms with E-state index in [1.54, 1.807) is 6.07 Å². The second-order valence-corrected chi connectivity index (χ2v) is 8.50. The minimum absolute atomic E-state index is 0.653. The topological polar surface area (TPSA) is 37.3 Å². The predicted molar refractivity (Wildman–Crippen MR) is 76.6 cm³/mol. The average Bonchev–Trinajstić information content (AvgIpc) is 2.38. The standard InChI is InChI=1S/C15H16O2Si/c1-18(2,17)15-9-4-3-8-14(15)13-7-5-6-12(10-13)11-16/h3-11,17H,1-2H3. The molecule has 0 radical (unpaired) electrons. The molecular formula is C15H16O2Si. The number of carbonyl (C=O) groups is 1. The second kappa shape index (κ2) is 4.88. The summed E-state index contributed by atoms with van der Waals surface area (Å²) >= 11 is 0. The Kier molecular flexibility index (Phi) is 3.45. The lowest BCUT2D eigenvalue weighted by molar-refractivity contribution is 0.112. The monoisotopic (exact) mass is 256 g/mol. The Morgan fingerprint density at radius 3 is 2.44 bits per heavy atom. The highest BCUT2D eigenvalue weighted by atomic mass is 28.4. The largest absolute Gasteiger partial charge is 0.428 e. The zero-order valence-corrected chi connectivity index (χ0v) is 11.6. The van der Waals surface area contributed by atoms with Crippen molar-refractivity contribution in [2.75, 3.05) is 0 Å². The van der Waals surface area contributed by atoms with Gasteiger partial charge < -0.3 is 4.80 Å². The molecule has 1 N–H and O–H groups in total. The van der Waals surface area contributed by atoms with E-state index in [9.17, 15) is 9.59 Å². The second-order valence-electron chi connectivity index (χ2n) is 4.85. The third-order valence-corrected chi connectivity index (χ3v) is 4.67. The lowest BCUT2D eigenvalue weighted by atomic mass is 10.0. The molecule has 2 rings (SSSR count). The molecule has 92 valence electrons. The van der Waals surface area contributed by atoms with Crippen LogP contribution >= 0.6 is 0 Å². The maximum absolute atomic E-state index is 10.8. The highest BCUT2D eigenvalue weighted by Gasteiger charge is 2.23. The van der Waals surface area contributed by atoms with Crippen molar-refractivity contribution in [2.45, 2.75) is 13.1 Å². The van der Waals surface area contributed by atoms with Crippen molar-refractivity contribution in [3.63, 3.8) is 0 Å². The smallest absolute Gasteiger partial charge is 0.214 e. The molecule has 0 saturated heterocycles. The fourth-order valence-corrected chi connectivity index (χ4v) is 3.44. The van der Waals surface area contributed by atoms with Gasteiger partial charge in [0.1, 0.15) is 6.29 Å². The molecule has 0 spiro atoms. The van der Waals surface area contributed by atoms with Crippen LogP contribution in [0, 0.1) is 0 Å². The third kappa shape index (κ3) is 2.58. The molecule has 0 aliphatic rings. The van der Waals surface area contributed by atoms with E-state index in [0.717, 1.165) is 22.6 Å². The Bertz CT molecular complexity index is 571. The molecule has 18 heavy (non-hydrogen) atoms. The molecule has 0 fully saturated rings. The van der Waals surface area contributed by atoms with Crippen LogP contribution in [0.2, 0.25) is 13.1 Å². The highest BCUT2D eigenvalue weighted by molar-refractivity contribution is 6.84. The van der Waals surface area contributed by atoms with Gasteiger partial charge >= 0.3 is 0 Å². The number of hydrogen-bond donors (Lipinski definition) is 1. The van der Waals surface area contributed by atoms with Gasteiger partial charge in [-0.15, -0.1) is 0 Å². The van der Waals surface area contributed by atoms with E-state index in [1.807, 2.05) is 55.6 Å². The van der Waals surface area contributed by atoms with E-state index in [2.05, 4.69) is 0 Å². The third-order valence-electron chi connectivity index (χ3n) is 2.92. The van der Waals surface area contributed by atoms with E-state index < -0.39 is 8.32 Å². The summed E-state index contributed by atoms with van der Waals surface area (Å²) in [6.45, 7) is 3.80.